The zero-order valence-electron chi connectivity index (χ0n) is 15.8. The monoisotopic (exact) mass is 396 g/mol. The molecule has 3 aromatic rings. The van der Waals surface area contributed by atoms with Crippen LogP contribution in [0.4, 0.5) is 0 Å². The summed E-state index contributed by atoms with van der Waals surface area (Å²) in [6, 6.07) is 9.06. The SMILES string of the molecule is COc1cccc(/C=C/C(=O)OCC(=O)c2cc(C)n(-c3nccs3)c2C)c1. The first kappa shape index (κ1) is 19.6. The lowest BCUT2D eigenvalue weighted by Gasteiger charge is -2.05. The van der Waals surface area contributed by atoms with Gasteiger partial charge in [0.2, 0.25) is 5.78 Å². The van der Waals surface area contributed by atoms with E-state index in [0.29, 0.717) is 11.3 Å². The molecule has 0 aliphatic heterocycles. The molecule has 28 heavy (non-hydrogen) atoms. The Hall–Kier alpha value is -3.19. The summed E-state index contributed by atoms with van der Waals surface area (Å²) in [5, 5.41) is 2.68. The lowest BCUT2D eigenvalue weighted by atomic mass is 10.1. The lowest BCUT2D eigenvalue weighted by Crippen LogP contribution is -2.13. The summed E-state index contributed by atoms with van der Waals surface area (Å²) < 4.78 is 12.2. The molecule has 0 unspecified atom stereocenters. The van der Waals surface area contributed by atoms with Gasteiger partial charge < -0.3 is 9.47 Å². The Morgan fingerprint density at radius 3 is 2.79 bits per heavy atom. The van der Waals surface area contributed by atoms with Crippen LogP contribution in [0, 0.1) is 13.8 Å². The fourth-order valence-electron chi connectivity index (χ4n) is 2.84. The molecule has 2 aromatic heterocycles. The number of esters is 1. The molecule has 3 rings (SSSR count). The molecule has 0 N–H and O–H groups in total. The Labute approximate surface area is 167 Å². The van der Waals surface area contributed by atoms with E-state index in [9.17, 15) is 9.59 Å². The third-order valence-electron chi connectivity index (χ3n) is 4.19. The summed E-state index contributed by atoms with van der Waals surface area (Å²) in [5.41, 5.74) is 3.01. The van der Waals surface area contributed by atoms with Crippen LogP contribution in [0.1, 0.15) is 27.3 Å². The van der Waals surface area contributed by atoms with Crippen molar-refractivity contribution in [3.8, 4) is 10.9 Å². The fraction of sp³-hybridized carbons (Fsp3) is 0.190. The van der Waals surface area contributed by atoms with E-state index in [2.05, 4.69) is 4.98 Å². The molecule has 0 atom stereocenters. The van der Waals surface area contributed by atoms with Gasteiger partial charge in [-0.3, -0.25) is 9.36 Å². The first-order valence-electron chi connectivity index (χ1n) is 8.60. The van der Waals surface area contributed by atoms with Crippen molar-refractivity contribution in [3.05, 3.63) is 70.5 Å². The fourth-order valence-corrected chi connectivity index (χ4v) is 3.59. The first-order chi connectivity index (χ1) is 13.5. The van der Waals surface area contributed by atoms with Gasteiger partial charge >= 0.3 is 5.97 Å². The number of methoxy groups -OCH3 is 1. The Bertz CT molecular complexity index is 1020. The third-order valence-corrected chi connectivity index (χ3v) is 4.95. The number of thiazole rings is 1. The molecule has 7 heteroatoms. The zero-order chi connectivity index (χ0) is 20.1. The molecule has 0 saturated carbocycles. The average Bonchev–Trinajstić information content (AvgIpc) is 3.32. The molecule has 0 aliphatic carbocycles. The molecule has 0 bridgehead atoms. The van der Waals surface area contributed by atoms with Crippen molar-refractivity contribution in [1.82, 2.24) is 9.55 Å². The average molecular weight is 396 g/mol. The molecule has 1 aromatic carbocycles. The van der Waals surface area contributed by atoms with Crippen LogP contribution in [-0.4, -0.2) is 35.0 Å². The van der Waals surface area contributed by atoms with Gasteiger partial charge in [0.05, 0.1) is 7.11 Å². The van der Waals surface area contributed by atoms with Crippen molar-refractivity contribution in [3.63, 3.8) is 0 Å². The van der Waals surface area contributed by atoms with Crippen LogP contribution in [0.2, 0.25) is 0 Å². The number of carbonyl (C=O) groups is 2. The van der Waals surface area contributed by atoms with Crippen LogP contribution in [0.3, 0.4) is 0 Å². The number of carbonyl (C=O) groups excluding carboxylic acids is 2. The number of benzene rings is 1. The lowest BCUT2D eigenvalue weighted by molar-refractivity contribution is -0.136. The second-order valence-corrected chi connectivity index (χ2v) is 6.95. The standard InChI is InChI=1S/C21H20N2O4S/c1-14-11-18(15(2)23(14)21-22-9-10-28-21)19(24)13-27-20(25)8-7-16-5-4-6-17(12-16)26-3/h4-12H,13H2,1-3H3/b8-7+. The third kappa shape index (κ3) is 4.37. The predicted octanol–water partition coefficient (Wildman–Crippen LogP) is 4.00. The van der Waals surface area contributed by atoms with E-state index in [4.69, 9.17) is 9.47 Å². The molecular formula is C21H20N2O4S. The molecule has 6 nitrogen and oxygen atoms in total. The number of nitrogens with zero attached hydrogens (tertiary/aromatic N) is 2. The van der Waals surface area contributed by atoms with Gasteiger partial charge in [-0.05, 0) is 43.7 Å². The normalized spacial score (nSPS) is 11.0. The molecule has 0 saturated heterocycles. The van der Waals surface area contributed by atoms with E-state index in [0.717, 1.165) is 22.1 Å². The molecule has 0 spiro atoms. The predicted molar refractivity (Wildman–Crippen MR) is 108 cm³/mol. The highest BCUT2D eigenvalue weighted by molar-refractivity contribution is 7.12. The quantitative estimate of drug-likeness (QED) is 0.343. The van der Waals surface area contributed by atoms with Crippen LogP contribution in [0.5, 0.6) is 5.75 Å². The molecule has 144 valence electrons. The van der Waals surface area contributed by atoms with Gasteiger partial charge in [0.1, 0.15) is 5.75 Å². The number of Topliss-reactive ketones (excluding diaryl/α,β-unsaturated/α-hetero) is 1. The van der Waals surface area contributed by atoms with Crippen molar-refractivity contribution in [2.75, 3.05) is 13.7 Å². The summed E-state index contributed by atoms with van der Waals surface area (Å²) in [7, 11) is 1.58. The summed E-state index contributed by atoms with van der Waals surface area (Å²) >= 11 is 1.49. The minimum absolute atomic E-state index is 0.251. The van der Waals surface area contributed by atoms with Gasteiger partial charge in [-0.2, -0.15) is 0 Å². The number of hydrogen-bond acceptors (Lipinski definition) is 6. The number of ketones is 1. The molecule has 0 aliphatic rings. The molecule has 0 amide bonds. The van der Waals surface area contributed by atoms with Crippen LogP contribution >= 0.6 is 11.3 Å². The van der Waals surface area contributed by atoms with Gasteiger partial charge in [0.25, 0.3) is 0 Å². The van der Waals surface area contributed by atoms with Crippen molar-refractivity contribution >= 4 is 29.2 Å². The molecule has 2 heterocycles. The highest BCUT2D eigenvalue weighted by Crippen LogP contribution is 2.22. The number of aromatic nitrogens is 2. The number of hydrogen-bond donors (Lipinski definition) is 0. The minimum Gasteiger partial charge on any atom is -0.497 e. The molecule has 0 fully saturated rings. The second-order valence-electron chi connectivity index (χ2n) is 6.08. The van der Waals surface area contributed by atoms with Gasteiger partial charge in [0.15, 0.2) is 11.7 Å². The van der Waals surface area contributed by atoms with Crippen molar-refractivity contribution in [2.45, 2.75) is 13.8 Å². The Kier molecular flexibility index (Phi) is 6.06. The highest BCUT2D eigenvalue weighted by atomic mass is 32.1. The van der Waals surface area contributed by atoms with E-state index in [1.165, 1.54) is 17.4 Å². The van der Waals surface area contributed by atoms with Crippen molar-refractivity contribution in [1.29, 1.82) is 0 Å². The number of aryl methyl sites for hydroxylation is 1. The molecule has 0 radical (unpaired) electrons. The summed E-state index contributed by atoms with van der Waals surface area (Å²) in [6.45, 7) is 3.45. The second kappa shape index (κ2) is 8.67. The van der Waals surface area contributed by atoms with Crippen LogP contribution < -0.4 is 4.74 Å². The van der Waals surface area contributed by atoms with Crippen LogP contribution in [0.25, 0.3) is 11.2 Å². The minimum atomic E-state index is -0.579. The van der Waals surface area contributed by atoms with Crippen LogP contribution in [-0.2, 0) is 9.53 Å². The van der Waals surface area contributed by atoms with Crippen molar-refractivity contribution in [2.24, 2.45) is 0 Å². The topological polar surface area (TPSA) is 70.4 Å². The van der Waals surface area contributed by atoms with Gasteiger partial charge in [0, 0.05) is 34.6 Å². The maximum atomic E-state index is 12.5. The number of rotatable bonds is 7. The van der Waals surface area contributed by atoms with Crippen molar-refractivity contribution < 1.29 is 19.1 Å². The maximum absolute atomic E-state index is 12.5. The summed E-state index contributed by atoms with van der Waals surface area (Å²) in [4.78, 5) is 28.7. The summed E-state index contributed by atoms with van der Waals surface area (Å²) in [5.74, 6) is -0.134. The Morgan fingerprint density at radius 1 is 1.25 bits per heavy atom. The number of ether oxygens (including phenoxy) is 2. The van der Waals surface area contributed by atoms with E-state index >= 15 is 0 Å². The zero-order valence-corrected chi connectivity index (χ0v) is 16.7. The Morgan fingerprint density at radius 2 is 2.07 bits per heavy atom. The van der Waals surface area contributed by atoms with Crippen LogP contribution in [0.15, 0.2) is 48.0 Å². The summed E-state index contributed by atoms with van der Waals surface area (Å²) in [6.07, 6.45) is 4.63. The highest BCUT2D eigenvalue weighted by Gasteiger charge is 2.18. The Balaban J connectivity index is 1.63. The first-order valence-corrected chi connectivity index (χ1v) is 9.48. The van der Waals surface area contributed by atoms with E-state index in [1.807, 2.05) is 42.0 Å². The maximum Gasteiger partial charge on any atom is 0.331 e. The van der Waals surface area contributed by atoms with E-state index < -0.39 is 5.97 Å². The largest absolute Gasteiger partial charge is 0.497 e. The van der Waals surface area contributed by atoms with E-state index in [-0.39, 0.29) is 12.4 Å². The van der Waals surface area contributed by atoms with E-state index in [1.54, 1.807) is 31.5 Å². The smallest absolute Gasteiger partial charge is 0.331 e. The molecular weight excluding hydrogens is 376 g/mol. The van der Waals surface area contributed by atoms with Gasteiger partial charge in [-0.25, -0.2) is 9.78 Å². The van der Waals surface area contributed by atoms with Gasteiger partial charge in [-0.15, -0.1) is 11.3 Å². The van der Waals surface area contributed by atoms with Gasteiger partial charge in [-0.1, -0.05) is 12.1 Å².